The summed E-state index contributed by atoms with van der Waals surface area (Å²) in [7, 11) is 0. The fraction of sp³-hybridized carbons (Fsp3) is 0.933. The number of piperidine rings is 2. The quantitative estimate of drug-likeness (QED) is 0.826. The zero-order valence-electron chi connectivity index (χ0n) is 12.4. The molecule has 0 spiro atoms. The molecule has 5 heteroatoms. The number of hydrogen-bond acceptors (Lipinski definition) is 4. The summed E-state index contributed by atoms with van der Waals surface area (Å²) in [5.41, 5.74) is 0. The Morgan fingerprint density at radius 1 is 0.950 bits per heavy atom. The van der Waals surface area contributed by atoms with Crippen LogP contribution >= 0.6 is 11.8 Å². The summed E-state index contributed by atoms with van der Waals surface area (Å²) < 4.78 is 0. The Kier molecular flexibility index (Phi) is 5.24. The number of hydrogen-bond donors (Lipinski definition) is 1. The smallest absolute Gasteiger partial charge is 0.225 e. The second-order valence-corrected chi connectivity index (χ2v) is 7.45. The van der Waals surface area contributed by atoms with E-state index in [-0.39, 0.29) is 0 Å². The first-order chi connectivity index (χ1) is 9.84. The van der Waals surface area contributed by atoms with Crippen LogP contribution in [0.3, 0.4) is 0 Å². The van der Waals surface area contributed by atoms with Gasteiger partial charge in [-0.2, -0.15) is 11.8 Å². The molecule has 1 N–H and O–H groups in total. The summed E-state index contributed by atoms with van der Waals surface area (Å²) in [5, 5.41) is 3.34. The van der Waals surface area contributed by atoms with E-state index in [2.05, 4.69) is 26.9 Å². The molecule has 4 nitrogen and oxygen atoms in total. The number of thioether (sulfide) groups is 1. The zero-order chi connectivity index (χ0) is 13.8. The number of carbonyl (C=O) groups is 1. The molecule has 0 radical (unpaired) electrons. The molecule has 0 atom stereocenters. The van der Waals surface area contributed by atoms with E-state index in [1.165, 1.54) is 37.4 Å². The van der Waals surface area contributed by atoms with Gasteiger partial charge in [0, 0.05) is 49.6 Å². The molecule has 0 bridgehead atoms. The van der Waals surface area contributed by atoms with E-state index in [1.54, 1.807) is 0 Å². The van der Waals surface area contributed by atoms with Gasteiger partial charge in [-0.3, -0.25) is 9.69 Å². The molecule has 3 rings (SSSR count). The van der Waals surface area contributed by atoms with Crippen molar-refractivity contribution in [2.45, 2.75) is 31.7 Å². The lowest BCUT2D eigenvalue weighted by molar-refractivity contribution is -0.138. The average molecular weight is 297 g/mol. The van der Waals surface area contributed by atoms with Crippen molar-refractivity contribution in [2.24, 2.45) is 5.92 Å². The van der Waals surface area contributed by atoms with Gasteiger partial charge in [0.25, 0.3) is 0 Å². The highest BCUT2D eigenvalue weighted by Gasteiger charge is 2.31. The average Bonchev–Trinajstić information content (AvgIpc) is 2.56. The monoisotopic (exact) mass is 297 g/mol. The predicted molar refractivity (Wildman–Crippen MR) is 84.1 cm³/mol. The fourth-order valence-corrected chi connectivity index (χ4v) is 4.65. The maximum atomic E-state index is 12.5. The molecule has 3 aliphatic heterocycles. The Labute approximate surface area is 126 Å². The minimum absolute atomic E-state index is 0.291. The summed E-state index contributed by atoms with van der Waals surface area (Å²) >= 11 is 2.07. The number of carbonyl (C=O) groups excluding carboxylic acids is 1. The minimum atomic E-state index is 0.291. The first-order valence-electron chi connectivity index (χ1n) is 8.16. The third kappa shape index (κ3) is 3.49. The molecule has 20 heavy (non-hydrogen) atoms. The second-order valence-electron chi connectivity index (χ2n) is 6.23. The van der Waals surface area contributed by atoms with Crippen LogP contribution < -0.4 is 5.32 Å². The SMILES string of the molecule is O=C(C1CCNCC1)N1CCC(N2CCSCC2)CC1. The standard InChI is InChI=1S/C15H27N3OS/c19-15(13-1-5-16-6-2-13)18-7-3-14(4-8-18)17-9-11-20-12-10-17/h13-14,16H,1-12H2. The molecule has 3 heterocycles. The van der Waals surface area contributed by atoms with Gasteiger partial charge >= 0.3 is 0 Å². The summed E-state index contributed by atoms with van der Waals surface area (Å²) in [5.74, 6) is 3.29. The summed E-state index contributed by atoms with van der Waals surface area (Å²) in [4.78, 5) is 17.3. The van der Waals surface area contributed by atoms with E-state index in [0.29, 0.717) is 11.8 Å². The van der Waals surface area contributed by atoms with Crippen LogP contribution in [0.5, 0.6) is 0 Å². The third-order valence-electron chi connectivity index (χ3n) is 5.03. The van der Waals surface area contributed by atoms with E-state index < -0.39 is 0 Å². The molecule has 0 aromatic carbocycles. The number of nitrogens with zero attached hydrogens (tertiary/aromatic N) is 2. The highest BCUT2D eigenvalue weighted by atomic mass is 32.2. The maximum absolute atomic E-state index is 12.5. The van der Waals surface area contributed by atoms with Gasteiger partial charge in [0.05, 0.1) is 0 Å². The predicted octanol–water partition coefficient (Wildman–Crippen LogP) is 1.03. The van der Waals surface area contributed by atoms with Crippen molar-refractivity contribution in [1.82, 2.24) is 15.1 Å². The van der Waals surface area contributed by atoms with E-state index >= 15 is 0 Å². The number of likely N-dealkylation sites (tertiary alicyclic amines) is 1. The zero-order valence-corrected chi connectivity index (χ0v) is 13.2. The van der Waals surface area contributed by atoms with Gasteiger partial charge in [0.15, 0.2) is 0 Å². The van der Waals surface area contributed by atoms with Gasteiger partial charge in [-0.15, -0.1) is 0 Å². The topological polar surface area (TPSA) is 35.6 Å². The molecule has 114 valence electrons. The van der Waals surface area contributed by atoms with Crippen LogP contribution in [0, 0.1) is 5.92 Å². The van der Waals surface area contributed by atoms with Crippen molar-refractivity contribution in [3.8, 4) is 0 Å². The Bertz CT molecular complexity index is 319. The lowest BCUT2D eigenvalue weighted by Gasteiger charge is -2.41. The molecule has 3 saturated heterocycles. The maximum Gasteiger partial charge on any atom is 0.225 e. The molecule has 0 aromatic rings. The summed E-state index contributed by atoms with van der Waals surface area (Å²) in [6.07, 6.45) is 4.42. The van der Waals surface area contributed by atoms with Gasteiger partial charge in [-0.25, -0.2) is 0 Å². The number of rotatable bonds is 2. The van der Waals surface area contributed by atoms with Gasteiger partial charge in [0.1, 0.15) is 0 Å². The first-order valence-corrected chi connectivity index (χ1v) is 9.31. The highest BCUT2D eigenvalue weighted by molar-refractivity contribution is 7.99. The molecular weight excluding hydrogens is 270 g/mol. The van der Waals surface area contributed by atoms with Crippen molar-refractivity contribution >= 4 is 17.7 Å². The Morgan fingerprint density at radius 2 is 1.60 bits per heavy atom. The van der Waals surface area contributed by atoms with Crippen molar-refractivity contribution in [1.29, 1.82) is 0 Å². The van der Waals surface area contributed by atoms with E-state index in [4.69, 9.17) is 0 Å². The van der Waals surface area contributed by atoms with Crippen LogP contribution in [0.1, 0.15) is 25.7 Å². The molecule has 1 amide bonds. The molecule has 3 aliphatic rings. The molecular formula is C15H27N3OS. The Balaban J connectivity index is 1.46. The van der Waals surface area contributed by atoms with Gasteiger partial charge in [-0.1, -0.05) is 0 Å². The molecule has 3 fully saturated rings. The lowest BCUT2D eigenvalue weighted by atomic mass is 9.94. The van der Waals surface area contributed by atoms with Crippen LogP contribution in [0.25, 0.3) is 0 Å². The third-order valence-corrected chi connectivity index (χ3v) is 5.97. The van der Waals surface area contributed by atoms with Crippen LogP contribution in [0.15, 0.2) is 0 Å². The largest absolute Gasteiger partial charge is 0.342 e. The second kappa shape index (κ2) is 7.14. The number of nitrogens with one attached hydrogen (secondary N) is 1. The normalized spacial score (nSPS) is 27.7. The van der Waals surface area contributed by atoms with E-state index in [9.17, 15) is 4.79 Å². The molecule has 0 aliphatic carbocycles. The van der Waals surface area contributed by atoms with Gasteiger partial charge < -0.3 is 10.2 Å². The highest BCUT2D eigenvalue weighted by Crippen LogP contribution is 2.23. The molecule has 0 saturated carbocycles. The van der Waals surface area contributed by atoms with Crippen LogP contribution in [0.2, 0.25) is 0 Å². The number of amides is 1. The minimum Gasteiger partial charge on any atom is -0.342 e. The summed E-state index contributed by atoms with van der Waals surface area (Å²) in [6, 6.07) is 0.730. The van der Waals surface area contributed by atoms with E-state index in [1.807, 2.05) is 0 Å². The van der Waals surface area contributed by atoms with Crippen molar-refractivity contribution in [2.75, 3.05) is 50.8 Å². The van der Waals surface area contributed by atoms with Crippen LogP contribution in [-0.2, 0) is 4.79 Å². The Hall–Kier alpha value is -0.260. The van der Waals surface area contributed by atoms with Crippen molar-refractivity contribution in [3.63, 3.8) is 0 Å². The van der Waals surface area contributed by atoms with Crippen LogP contribution in [0.4, 0.5) is 0 Å². The Morgan fingerprint density at radius 3 is 2.25 bits per heavy atom. The lowest BCUT2D eigenvalue weighted by Crippen LogP contribution is -2.50. The van der Waals surface area contributed by atoms with E-state index in [0.717, 1.165) is 45.1 Å². The molecule has 0 unspecified atom stereocenters. The summed E-state index contributed by atoms with van der Waals surface area (Å²) in [6.45, 7) is 6.49. The van der Waals surface area contributed by atoms with Crippen molar-refractivity contribution in [3.05, 3.63) is 0 Å². The van der Waals surface area contributed by atoms with Gasteiger partial charge in [0.2, 0.25) is 5.91 Å². The van der Waals surface area contributed by atoms with Crippen molar-refractivity contribution < 1.29 is 4.79 Å². The fourth-order valence-electron chi connectivity index (χ4n) is 3.72. The van der Waals surface area contributed by atoms with Crippen LogP contribution in [-0.4, -0.2) is 72.5 Å². The van der Waals surface area contributed by atoms with Gasteiger partial charge in [-0.05, 0) is 38.8 Å². The first kappa shape index (κ1) is 14.7. The molecule has 0 aromatic heterocycles.